The third-order valence-corrected chi connectivity index (χ3v) is 4.79. The van der Waals surface area contributed by atoms with E-state index >= 15 is 0 Å². The molecule has 2 fully saturated rings. The smallest absolute Gasteiger partial charge is 0.133 e. The lowest BCUT2D eigenvalue weighted by molar-refractivity contribution is -0.121. The Morgan fingerprint density at radius 1 is 1.06 bits per heavy atom. The van der Waals surface area contributed by atoms with Gasteiger partial charge in [0, 0.05) is 25.4 Å². The van der Waals surface area contributed by atoms with Crippen LogP contribution in [0.25, 0.3) is 0 Å². The topological polar surface area (TPSA) is 20.3 Å². The Balaban J connectivity index is 1.72. The molecular weight excluding hydrogens is 222 g/mol. The molecule has 0 aromatic carbocycles. The van der Waals surface area contributed by atoms with Crippen LogP contribution in [0.3, 0.4) is 0 Å². The Morgan fingerprint density at radius 3 is 2.33 bits per heavy atom. The molecule has 1 heterocycles. The van der Waals surface area contributed by atoms with Crippen molar-refractivity contribution < 1.29 is 4.79 Å². The lowest BCUT2D eigenvalue weighted by Crippen LogP contribution is -2.40. The van der Waals surface area contributed by atoms with Gasteiger partial charge in [0.15, 0.2) is 0 Å². The number of carbonyl (C=O) groups is 1. The number of Topliss-reactive ketones (excluding diaryl/α,β-unsaturated/α-hetero) is 1. The number of nitrogens with zero attached hydrogens (tertiary/aromatic N) is 1. The second-order valence-corrected chi connectivity index (χ2v) is 6.69. The Bertz CT molecular complexity index is 268. The molecule has 2 rings (SSSR count). The third-order valence-electron chi connectivity index (χ3n) is 4.79. The number of rotatable bonds is 5. The molecule has 1 saturated carbocycles. The van der Waals surface area contributed by atoms with Crippen LogP contribution in [-0.2, 0) is 4.79 Å². The molecule has 0 spiro atoms. The zero-order valence-corrected chi connectivity index (χ0v) is 12.2. The maximum absolute atomic E-state index is 12.1. The standard InChI is InChI=1S/C16H29NO/c1-13(2)17-9-5-8-15(12-17)11-16(18)10-14-6-3-4-7-14/h13-15H,3-12H2,1-2H3/t15-/m0/s1. The van der Waals surface area contributed by atoms with E-state index in [0.29, 0.717) is 17.7 Å². The molecule has 104 valence electrons. The molecule has 0 radical (unpaired) electrons. The Hall–Kier alpha value is -0.370. The minimum Gasteiger partial charge on any atom is -0.301 e. The van der Waals surface area contributed by atoms with Crippen molar-refractivity contribution in [2.75, 3.05) is 13.1 Å². The van der Waals surface area contributed by atoms with Gasteiger partial charge in [0.05, 0.1) is 0 Å². The van der Waals surface area contributed by atoms with E-state index in [9.17, 15) is 4.79 Å². The van der Waals surface area contributed by atoms with Crippen LogP contribution in [0.1, 0.15) is 65.2 Å². The summed E-state index contributed by atoms with van der Waals surface area (Å²) < 4.78 is 0. The highest BCUT2D eigenvalue weighted by atomic mass is 16.1. The first-order valence-electron chi connectivity index (χ1n) is 7.91. The maximum Gasteiger partial charge on any atom is 0.133 e. The third kappa shape index (κ3) is 4.08. The quantitative estimate of drug-likeness (QED) is 0.743. The number of hydrogen-bond acceptors (Lipinski definition) is 2. The SMILES string of the molecule is CC(C)N1CCC[C@@H](CC(=O)CC2CCCC2)C1. The van der Waals surface area contributed by atoms with Crippen molar-refractivity contribution in [3.8, 4) is 0 Å². The summed E-state index contributed by atoms with van der Waals surface area (Å²) in [6.45, 7) is 6.91. The van der Waals surface area contributed by atoms with Gasteiger partial charge in [0.25, 0.3) is 0 Å². The van der Waals surface area contributed by atoms with E-state index < -0.39 is 0 Å². The molecule has 0 unspecified atom stereocenters. The molecule has 0 amide bonds. The number of piperidine rings is 1. The van der Waals surface area contributed by atoms with Crippen LogP contribution in [0, 0.1) is 11.8 Å². The first-order chi connectivity index (χ1) is 8.65. The largest absolute Gasteiger partial charge is 0.301 e. The lowest BCUT2D eigenvalue weighted by Gasteiger charge is -2.35. The molecule has 1 aliphatic heterocycles. The van der Waals surface area contributed by atoms with Crippen LogP contribution in [0.15, 0.2) is 0 Å². The van der Waals surface area contributed by atoms with E-state index in [4.69, 9.17) is 0 Å². The fourth-order valence-corrected chi connectivity index (χ4v) is 3.67. The summed E-state index contributed by atoms with van der Waals surface area (Å²) in [6, 6.07) is 0.637. The monoisotopic (exact) mass is 251 g/mol. The number of likely N-dealkylation sites (tertiary alicyclic amines) is 1. The molecule has 2 heteroatoms. The Labute approximate surface area is 112 Å². The second kappa shape index (κ2) is 6.70. The molecule has 1 aliphatic carbocycles. The van der Waals surface area contributed by atoms with Gasteiger partial charge in [-0.2, -0.15) is 0 Å². The van der Waals surface area contributed by atoms with Crippen molar-refractivity contribution in [2.24, 2.45) is 11.8 Å². The molecule has 0 aromatic rings. The first-order valence-corrected chi connectivity index (χ1v) is 7.91. The summed E-state index contributed by atoms with van der Waals surface area (Å²) in [7, 11) is 0. The van der Waals surface area contributed by atoms with E-state index in [1.807, 2.05) is 0 Å². The van der Waals surface area contributed by atoms with E-state index in [-0.39, 0.29) is 0 Å². The van der Waals surface area contributed by atoms with Crippen molar-refractivity contribution in [3.05, 3.63) is 0 Å². The van der Waals surface area contributed by atoms with Crippen molar-refractivity contribution in [1.82, 2.24) is 4.90 Å². The fraction of sp³-hybridized carbons (Fsp3) is 0.938. The molecule has 0 N–H and O–H groups in total. The van der Waals surface area contributed by atoms with Crippen LogP contribution in [0.4, 0.5) is 0 Å². The summed E-state index contributed by atoms with van der Waals surface area (Å²) >= 11 is 0. The van der Waals surface area contributed by atoms with Crippen LogP contribution < -0.4 is 0 Å². The number of hydrogen-bond donors (Lipinski definition) is 0. The van der Waals surface area contributed by atoms with E-state index in [0.717, 1.165) is 25.3 Å². The van der Waals surface area contributed by atoms with Crippen LogP contribution >= 0.6 is 0 Å². The van der Waals surface area contributed by atoms with Crippen molar-refractivity contribution in [1.29, 1.82) is 0 Å². The minimum atomic E-state index is 0.539. The van der Waals surface area contributed by atoms with E-state index in [2.05, 4.69) is 18.7 Å². The zero-order chi connectivity index (χ0) is 13.0. The van der Waals surface area contributed by atoms with Gasteiger partial charge in [0.1, 0.15) is 5.78 Å². The van der Waals surface area contributed by atoms with Gasteiger partial charge in [-0.1, -0.05) is 25.7 Å². The van der Waals surface area contributed by atoms with Crippen LogP contribution in [0.5, 0.6) is 0 Å². The summed E-state index contributed by atoms with van der Waals surface area (Å²) in [5.74, 6) is 1.90. The second-order valence-electron chi connectivity index (χ2n) is 6.69. The van der Waals surface area contributed by atoms with Gasteiger partial charge in [-0.15, -0.1) is 0 Å². The van der Waals surface area contributed by atoms with Crippen molar-refractivity contribution in [3.63, 3.8) is 0 Å². The molecule has 1 saturated heterocycles. The van der Waals surface area contributed by atoms with Gasteiger partial charge >= 0.3 is 0 Å². The molecule has 1 atom stereocenters. The lowest BCUT2D eigenvalue weighted by atomic mass is 9.89. The zero-order valence-electron chi connectivity index (χ0n) is 12.2. The van der Waals surface area contributed by atoms with Gasteiger partial charge < -0.3 is 4.90 Å². The van der Waals surface area contributed by atoms with Gasteiger partial charge in [-0.25, -0.2) is 0 Å². The molecular formula is C16H29NO. The summed E-state index contributed by atoms with van der Waals surface area (Å²) in [6.07, 6.45) is 9.56. The molecule has 2 aliphatic rings. The highest BCUT2D eigenvalue weighted by molar-refractivity contribution is 5.78. The number of ketones is 1. The van der Waals surface area contributed by atoms with E-state index in [1.165, 1.54) is 45.1 Å². The Morgan fingerprint density at radius 2 is 1.67 bits per heavy atom. The van der Waals surface area contributed by atoms with Crippen molar-refractivity contribution >= 4 is 5.78 Å². The number of carbonyl (C=O) groups excluding carboxylic acids is 1. The van der Waals surface area contributed by atoms with Gasteiger partial charge in [0.2, 0.25) is 0 Å². The predicted molar refractivity (Wildman–Crippen MR) is 75.6 cm³/mol. The van der Waals surface area contributed by atoms with Crippen LogP contribution in [0.2, 0.25) is 0 Å². The summed E-state index contributed by atoms with van der Waals surface area (Å²) in [5.41, 5.74) is 0. The van der Waals surface area contributed by atoms with Crippen molar-refractivity contribution in [2.45, 2.75) is 71.3 Å². The summed E-state index contributed by atoms with van der Waals surface area (Å²) in [5, 5.41) is 0. The first kappa shape index (κ1) is 14.0. The highest BCUT2D eigenvalue weighted by Crippen LogP contribution is 2.29. The van der Waals surface area contributed by atoms with Gasteiger partial charge in [-0.05, 0) is 45.1 Å². The summed E-state index contributed by atoms with van der Waals surface area (Å²) in [4.78, 5) is 14.7. The maximum atomic E-state index is 12.1. The minimum absolute atomic E-state index is 0.539. The predicted octanol–water partition coefficient (Wildman–Crippen LogP) is 3.65. The molecule has 18 heavy (non-hydrogen) atoms. The molecule has 0 bridgehead atoms. The Kier molecular flexibility index (Phi) is 5.23. The fourth-order valence-electron chi connectivity index (χ4n) is 3.67. The molecule has 2 nitrogen and oxygen atoms in total. The average Bonchev–Trinajstić information content (AvgIpc) is 2.82. The van der Waals surface area contributed by atoms with E-state index in [1.54, 1.807) is 0 Å². The normalized spacial score (nSPS) is 26.9. The average molecular weight is 251 g/mol. The highest BCUT2D eigenvalue weighted by Gasteiger charge is 2.25. The van der Waals surface area contributed by atoms with Crippen LogP contribution in [-0.4, -0.2) is 29.8 Å². The van der Waals surface area contributed by atoms with Gasteiger partial charge in [-0.3, -0.25) is 4.79 Å². The molecule has 0 aromatic heterocycles.